The summed E-state index contributed by atoms with van der Waals surface area (Å²) < 4.78 is 40.7. The molecule has 1 aromatic heterocycles. The van der Waals surface area contributed by atoms with Gasteiger partial charge in [0.1, 0.15) is 11.3 Å². The number of para-hydroxylation sites is 2. The molecule has 0 bridgehead atoms. The number of rotatable bonds is 4. The fraction of sp³-hybridized carbons (Fsp3) is 0.350. The molecule has 2 aromatic carbocycles. The van der Waals surface area contributed by atoms with Crippen LogP contribution in [0.15, 0.2) is 46.9 Å². The average Bonchev–Trinajstić information content (AvgIpc) is 3.14. The monoisotopic (exact) mass is 358 g/mol. The van der Waals surface area contributed by atoms with Crippen LogP contribution in [-0.4, -0.2) is 25.7 Å². The lowest BCUT2D eigenvalue weighted by molar-refractivity contribution is -0.0543. The Hall–Kier alpha value is -2.63. The summed E-state index contributed by atoms with van der Waals surface area (Å²) in [5.74, 6) is -2.98. The number of hydrogen-bond acceptors (Lipinski definition) is 4. The molecule has 3 aromatic rings. The minimum absolute atomic E-state index is 0.376. The first-order chi connectivity index (χ1) is 12.3. The summed E-state index contributed by atoms with van der Waals surface area (Å²) >= 11 is 0. The number of hydrogen-bond donors (Lipinski definition) is 0. The summed E-state index contributed by atoms with van der Waals surface area (Å²) in [5.41, 5.74) is 1.90. The largest absolute Gasteiger partial charge is 0.497 e. The van der Waals surface area contributed by atoms with E-state index in [0.717, 1.165) is 11.3 Å². The van der Waals surface area contributed by atoms with Gasteiger partial charge in [0.25, 0.3) is 5.89 Å². The van der Waals surface area contributed by atoms with Gasteiger partial charge in [0.2, 0.25) is 0 Å². The zero-order valence-corrected chi connectivity index (χ0v) is 14.9. The number of benzene rings is 2. The zero-order valence-electron chi connectivity index (χ0n) is 14.9. The van der Waals surface area contributed by atoms with E-state index in [1.165, 1.54) is 0 Å². The highest BCUT2D eigenvalue weighted by Crippen LogP contribution is 2.49. The van der Waals surface area contributed by atoms with Crippen LogP contribution in [0.2, 0.25) is 0 Å². The summed E-state index contributed by atoms with van der Waals surface area (Å²) in [5, 5.41) is 0. The number of fused-ring (bicyclic) bond motifs is 2. The van der Waals surface area contributed by atoms with Gasteiger partial charge < -0.3 is 14.1 Å². The van der Waals surface area contributed by atoms with Gasteiger partial charge in [0.05, 0.1) is 7.11 Å². The molecule has 26 heavy (non-hydrogen) atoms. The third-order valence-electron chi connectivity index (χ3n) is 5.07. The number of methoxy groups -OCH3 is 1. The summed E-state index contributed by atoms with van der Waals surface area (Å²) in [7, 11) is 3.50. The second-order valence-electron chi connectivity index (χ2n) is 7.17. The second kappa shape index (κ2) is 5.69. The Bertz CT molecular complexity index is 936. The highest BCUT2D eigenvalue weighted by Gasteiger charge is 2.49. The van der Waals surface area contributed by atoms with E-state index in [9.17, 15) is 0 Å². The zero-order chi connectivity index (χ0) is 18.5. The van der Waals surface area contributed by atoms with Crippen LogP contribution in [0.4, 0.5) is 14.5 Å². The van der Waals surface area contributed by atoms with Crippen molar-refractivity contribution in [3.63, 3.8) is 0 Å². The smallest absolute Gasteiger partial charge is 0.323 e. The lowest BCUT2D eigenvalue weighted by atomic mass is 9.79. The minimum atomic E-state index is -3.17. The molecule has 0 N–H and O–H groups in total. The van der Waals surface area contributed by atoms with Gasteiger partial charge in [-0.3, -0.25) is 0 Å². The highest BCUT2D eigenvalue weighted by atomic mass is 19.3. The maximum atomic E-state index is 15.1. The van der Waals surface area contributed by atoms with Gasteiger partial charge in [-0.15, -0.1) is 0 Å². The van der Waals surface area contributed by atoms with Gasteiger partial charge >= 0.3 is 5.92 Å². The van der Waals surface area contributed by atoms with E-state index in [-0.39, 0.29) is 6.42 Å². The van der Waals surface area contributed by atoms with Crippen molar-refractivity contribution in [3.8, 4) is 5.75 Å². The number of ether oxygens (including phenoxy) is 1. The normalized spacial score (nSPS) is 19.8. The van der Waals surface area contributed by atoms with Gasteiger partial charge in [-0.1, -0.05) is 25.1 Å². The van der Waals surface area contributed by atoms with E-state index in [1.807, 2.05) is 37.1 Å². The molecule has 0 saturated carbocycles. The Balaban J connectivity index is 1.70. The standard InChI is InChI=1S/C20H20F2N2O2/c1-19(12-24(2)16-10-13(25-3)8-9-14(16)19)11-20(21,22)18-23-15-6-4-5-7-17(15)26-18/h4-10H,11-12H2,1-3H3. The molecule has 0 aliphatic carbocycles. The number of oxazole rings is 1. The first kappa shape index (κ1) is 16.8. The molecule has 1 atom stereocenters. The lowest BCUT2D eigenvalue weighted by Crippen LogP contribution is -2.34. The van der Waals surface area contributed by atoms with Crippen molar-refractivity contribution in [1.82, 2.24) is 4.98 Å². The van der Waals surface area contributed by atoms with Crippen LogP contribution >= 0.6 is 0 Å². The third-order valence-corrected chi connectivity index (χ3v) is 5.07. The number of anilines is 1. The highest BCUT2D eigenvalue weighted by molar-refractivity contribution is 5.72. The molecule has 6 heteroatoms. The predicted octanol–water partition coefficient (Wildman–Crippen LogP) is 4.73. The topological polar surface area (TPSA) is 38.5 Å². The molecule has 0 radical (unpaired) electrons. The summed E-state index contributed by atoms with van der Waals surface area (Å²) in [6, 6.07) is 12.4. The fourth-order valence-electron chi connectivity index (χ4n) is 3.90. The SMILES string of the molecule is COc1ccc2c(c1)N(C)CC2(C)CC(F)(F)c1nc2ccccc2o1. The van der Waals surface area contributed by atoms with Crippen LogP contribution in [-0.2, 0) is 11.3 Å². The summed E-state index contributed by atoms with van der Waals surface area (Å²) in [6.45, 7) is 2.35. The van der Waals surface area contributed by atoms with E-state index < -0.39 is 17.2 Å². The number of halogens is 2. The van der Waals surface area contributed by atoms with Crippen LogP contribution in [0.25, 0.3) is 11.1 Å². The molecule has 1 unspecified atom stereocenters. The molecule has 4 nitrogen and oxygen atoms in total. The number of aromatic nitrogens is 1. The van der Waals surface area contributed by atoms with E-state index >= 15 is 8.78 Å². The summed E-state index contributed by atoms with van der Waals surface area (Å²) in [6.07, 6.45) is -0.378. The van der Waals surface area contributed by atoms with Crippen LogP contribution in [0.3, 0.4) is 0 Å². The number of likely N-dealkylation sites (N-methyl/N-ethyl adjacent to an activating group) is 1. The van der Waals surface area contributed by atoms with Crippen molar-refractivity contribution in [3.05, 3.63) is 53.9 Å². The van der Waals surface area contributed by atoms with Gasteiger partial charge in [-0.2, -0.15) is 8.78 Å². The molecule has 2 heterocycles. The molecule has 0 fully saturated rings. The van der Waals surface area contributed by atoms with Crippen molar-refractivity contribution in [2.45, 2.75) is 24.7 Å². The van der Waals surface area contributed by atoms with Gasteiger partial charge in [0, 0.05) is 37.2 Å². The number of nitrogens with zero attached hydrogens (tertiary/aromatic N) is 2. The molecule has 1 aliphatic rings. The predicted molar refractivity (Wildman–Crippen MR) is 96.1 cm³/mol. The Morgan fingerprint density at radius 3 is 2.77 bits per heavy atom. The third kappa shape index (κ3) is 2.60. The Morgan fingerprint density at radius 1 is 1.27 bits per heavy atom. The van der Waals surface area contributed by atoms with Gasteiger partial charge in [0.15, 0.2) is 5.58 Å². The van der Waals surface area contributed by atoms with Gasteiger partial charge in [-0.05, 0) is 23.8 Å². The minimum Gasteiger partial charge on any atom is -0.497 e. The van der Waals surface area contributed by atoms with Crippen LogP contribution in [0.1, 0.15) is 24.8 Å². The van der Waals surface area contributed by atoms with Crippen molar-refractivity contribution >= 4 is 16.8 Å². The maximum Gasteiger partial charge on any atom is 0.323 e. The molecule has 0 amide bonds. The van der Waals surface area contributed by atoms with Crippen molar-refractivity contribution in [2.24, 2.45) is 0 Å². The van der Waals surface area contributed by atoms with E-state index in [4.69, 9.17) is 9.15 Å². The Kier molecular flexibility index (Phi) is 3.68. The van der Waals surface area contributed by atoms with Crippen LogP contribution in [0, 0.1) is 0 Å². The molecule has 4 rings (SSSR count). The summed E-state index contributed by atoms with van der Waals surface area (Å²) in [4.78, 5) is 6.00. The first-order valence-corrected chi connectivity index (χ1v) is 8.46. The van der Waals surface area contributed by atoms with Crippen LogP contribution in [0.5, 0.6) is 5.75 Å². The molecular weight excluding hydrogens is 338 g/mol. The fourth-order valence-corrected chi connectivity index (χ4v) is 3.90. The van der Waals surface area contributed by atoms with Crippen molar-refractivity contribution < 1.29 is 17.9 Å². The van der Waals surface area contributed by atoms with Crippen molar-refractivity contribution in [1.29, 1.82) is 0 Å². The quantitative estimate of drug-likeness (QED) is 0.676. The Morgan fingerprint density at radius 2 is 2.04 bits per heavy atom. The number of alkyl halides is 2. The van der Waals surface area contributed by atoms with E-state index in [2.05, 4.69) is 4.98 Å². The molecular formula is C20H20F2N2O2. The van der Waals surface area contributed by atoms with Gasteiger partial charge in [-0.25, -0.2) is 4.98 Å². The molecule has 0 saturated heterocycles. The lowest BCUT2D eigenvalue weighted by Gasteiger charge is -2.28. The van der Waals surface area contributed by atoms with Crippen LogP contribution < -0.4 is 9.64 Å². The molecule has 136 valence electrons. The Labute approximate surface area is 150 Å². The molecule has 1 aliphatic heterocycles. The maximum absolute atomic E-state index is 15.1. The van der Waals surface area contributed by atoms with E-state index in [1.54, 1.807) is 31.4 Å². The van der Waals surface area contributed by atoms with E-state index in [0.29, 0.717) is 23.4 Å². The second-order valence-corrected chi connectivity index (χ2v) is 7.17. The molecule has 0 spiro atoms. The van der Waals surface area contributed by atoms with Crippen molar-refractivity contribution in [2.75, 3.05) is 25.6 Å². The average molecular weight is 358 g/mol. The first-order valence-electron chi connectivity index (χ1n) is 8.46.